The van der Waals surface area contributed by atoms with Crippen molar-refractivity contribution in [3.05, 3.63) is 35.4 Å². The lowest BCUT2D eigenvalue weighted by molar-refractivity contribution is 0.217. The summed E-state index contributed by atoms with van der Waals surface area (Å²) in [5.41, 5.74) is 2.43. The highest BCUT2D eigenvalue weighted by Crippen LogP contribution is 2.14. The first kappa shape index (κ1) is 16.1. The monoisotopic (exact) mass is 285 g/mol. The Morgan fingerprint density at radius 1 is 1.21 bits per heavy atom. The van der Waals surface area contributed by atoms with E-state index in [1.54, 1.807) is 0 Å². The smallest absolute Gasteiger partial charge is 0.213 e. The van der Waals surface area contributed by atoms with Crippen molar-refractivity contribution < 1.29 is 13.2 Å². The second-order valence-electron chi connectivity index (χ2n) is 4.85. The van der Waals surface area contributed by atoms with Crippen LogP contribution in [-0.2, 0) is 21.2 Å². The number of ether oxygens (including phenoxy) is 1. The standard InChI is InChI=1S/C14H23NO3S/c1-12(2)14-6-4-13(5-7-14)8-9-15-19(16,17)11-10-18-3/h4-7,12,15H,8-11H2,1-3H3. The summed E-state index contributed by atoms with van der Waals surface area (Å²) in [5, 5.41) is 0. The number of benzene rings is 1. The van der Waals surface area contributed by atoms with Crippen molar-refractivity contribution in [2.75, 3.05) is 26.0 Å². The Bertz CT molecular complexity index is 466. The molecule has 0 saturated carbocycles. The molecule has 0 aliphatic heterocycles. The highest BCUT2D eigenvalue weighted by Gasteiger charge is 2.08. The van der Waals surface area contributed by atoms with E-state index >= 15 is 0 Å². The maximum atomic E-state index is 11.5. The molecule has 19 heavy (non-hydrogen) atoms. The van der Waals surface area contributed by atoms with Crippen LogP contribution in [0.3, 0.4) is 0 Å². The van der Waals surface area contributed by atoms with Crippen molar-refractivity contribution in [1.29, 1.82) is 0 Å². The lowest BCUT2D eigenvalue weighted by Crippen LogP contribution is -2.29. The van der Waals surface area contributed by atoms with Gasteiger partial charge in [-0.15, -0.1) is 0 Å². The summed E-state index contributed by atoms with van der Waals surface area (Å²) in [6, 6.07) is 8.30. The van der Waals surface area contributed by atoms with Crippen LogP contribution in [0, 0.1) is 0 Å². The van der Waals surface area contributed by atoms with E-state index in [0.717, 1.165) is 5.56 Å². The summed E-state index contributed by atoms with van der Waals surface area (Å²) in [6.45, 7) is 4.95. The molecule has 0 amide bonds. The molecule has 5 heteroatoms. The van der Waals surface area contributed by atoms with Gasteiger partial charge in [-0.25, -0.2) is 13.1 Å². The van der Waals surface area contributed by atoms with Gasteiger partial charge in [0.25, 0.3) is 0 Å². The normalized spacial score (nSPS) is 12.0. The van der Waals surface area contributed by atoms with Gasteiger partial charge < -0.3 is 4.74 Å². The van der Waals surface area contributed by atoms with Crippen LogP contribution in [0.5, 0.6) is 0 Å². The Balaban J connectivity index is 2.41. The van der Waals surface area contributed by atoms with Crippen molar-refractivity contribution in [2.45, 2.75) is 26.2 Å². The number of rotatable bonds is 8. The molecule has 0 spiro atoms. The third-order valence-electron chi connectivity index (χ3n) is 2.94. The SMILES string of the molecule is COCCS(=O)(=O)NCCc1ccc(C(C)C)cc1. The zero-order chi connectivity index (χ0) is 14.3. The molecule has 0 aliphatic carbocycles. The molecule has 1 aromatic carbocycles. The van der Waals surface area contributed by atoms with Crippen LogP contribution in [0.2, 0.25) is 0 Å². The zero-order valence-electron chi connectivity index (χ0n) is 11.8. The van der Waals surface area contributed by atoms with Gasteiger partial charge in [0.05, 0.1) is 12.4 Å². The summed E-state index contributed by atoms with van der Waals surface area (Å²) in [7, 11) is -1.72. The fraction of sp³-hybridized carbons (Fsp3) is 0.571. The lowest BCUT2D eigenvalue weighted by atomic mass is 10.0. The maximum absolute atomic E-state index is 11.5. The van der Waals surface area contributed by atoms with Gasteiger partial charge in [0.15, 0.2) is 0 Å². The van der Waals surface area contributed by atoms with E-state index in [-0.39, 0.29) is 12.4 Å². The van der Waals surface area contributed by atoms with Gasteiger partial charge in [-0.1, -0.05) is 38.1 Å². The molecule has 1 aromatic rings. The number of nitrogens with one attached hydrogen (secondary N) is 1. The van der Waals surface area contributed by atoms with Gasteiger partial charge in [-0.2, -0.15) is 0 Å². The predicted molar refractivity (Wildman–Crippen MR) is 77.9 cm³/mol. The molecule has 108 valence electrons. The van der Waals surface area contributed by atoms with Crippen molar-refractivity contribution in [3.63, 3.8) is 0 Å². The summed E-state index contributed by atoms with van der Waals surface area (Å²) in [6.07, 6.45) is 0.699. The lowest BCUT2D eigenvalue weighted by Gasteiger charge is -2.08. The van der Waals surface area contributed by atoms with Crippen LogP contribution in [0.25, 0.3) is 0 Å². The van der Waals surface area contributed by atoms with Crippen LogP contribution < -0.4 is 4.72 Å². The molecular formula is C14H23NO3S. The minimum Gasteiger partial charge on any atom is -0.384 e. The third-order valence-corrected chi connectivity index (χ3v) is 4.29. The molecule has 0 atom stereocenters. The number of hydrogen-bond acceptors (Lipinski definition) is 3. The molecule has 4 nitrogen and oxygen atoms in total. The van der Waals surface area contributed by atoms with Crippen molar-refractivity contribution in [3.8, 4) is 0 Å². The van der Waals surface area contributed by atoms with Gasteiger partial charge in [0, 0.05) is 13.7 Å². The van der Waals surface area contributed by atoms with E-state index in [2.05, 4.69) is 42.8 Å². The van der Waals surface area contributed by atoms with Crippen molar-refractivity contribution in [1.82, 2.24) is 4.72 Å². The van der Waals surface area contributed by atoms with Crippen LogP contribution in [-0.4, -0.2) is 34.4 Å². The summed E-state index contributed by atoms with van der Waals surface area (Å²) < 4.78 is 30.4. The fourth-order valence-corrected chi connectivity index (χ4v) is 2.63. The van der Waals surface area contributed by atoms with Crippen LogP contribution in [0.15, 0.2) is 24.3 Å². The van der Waals surface area contributed by atoms with Gasteiger partial charge in [0.1, 0.15) is 0 Å². The predicted octanol–water partition coefficient (Wildman–Crippen LogP) is 1.92. The van der Waals surface area contributed by atoms with Crippen molar-refractivity contribution in [2.24, 2.45) is 0 Å². The molecule has 0 aromatic heterocycles. The summed E-state index contributed by atoms with van der Waals surface area (Å²) in [4.78, 5) is 0. The Morgan fingerprint density at radius 3 is 2.37 bits per heavy atom. The minimum absolute atomic E-state index is 0.00971. The number of sulfonamides is 1. The first-order chi connectivity index (χ1) is 8.94. The molecule has 0 heterocycles. The highest BCUT2D eigenvalue weighted by atomic mass is 32.2. The fourth-order valence-electron chi connectivity index (χ4n) is 1.69. The number of hydrogen-bond donors (Lipinski definition) is 1. The van der Waals surface area contributed by atoms with E-state index < -0.39 is 10.0 Å². The first-order valence-electron chi connectivity index (χ1n) is 6.49. The van der Waals surface area contributed by atoms with Crippen LogP contribution in [0.4, 0.5) is 0 Å². The minimum atomic E-state index is -3.21. The zero-order valence-corrected chi connectivity index (χ0v) is 12.7. The second-order valence-corrected chi connectivity index (χ2v) is 6.78. The van der Waals surface area contributed by atoms with Crippen LogP contribution in [0.1, 0.15) is 30.9 Å². The van der Waals surface area contributed by atoms with E-state index in [4.69, 9.17) is 4.74 Å². The third kappa shape index (κ3) is 6.18. The second kappa shape index (κ2) is 7.62. The molecule has 0 aliphatic rings. The summed E-state index contributed by atoms with van der Waals surface area (Å²) >= 11 is 0. The molecule has 0 saturated heterocycles. The Hall–Kier alpha value is -0.910. The highest BCUT2D eigenvalue weighted by molar-refractivity contribution is 7.89. The van der Waals surface area contributed by atoms with E-state index in [1.165, 1.54) is 12.7 Å². The van der Waals surface area contributed by atoms with E-state index in [9.17, 15) is 8.42 Å². The largest absolute Gasteiger partial charge is 0.384 e. The molecule has 0 radical (unpaired) electrons. The summed E-state index contributed by atoms with van der Waals surface area (Å²) in [5.74, 6) is 0.525. The van der Waals surface area contributed by atoms with E-state index in [1.807, 2.05) is 0 Å². The Morgan fingerprint density at radius 2 is 1.84 bits per heavy atom. The van der Waals surface area contributed by atoms with Gasteiger partial charge in [-0.05, 0) is 23.5 Å². The molecule has 0 fully saturated rings. The van der Waals surface area contributed by atoms with E-state index in [0.29, 0.717) is 18.9 Å². The Kier molecular flexibility index (Phi) is 6.48. The average molecular weight is 285 g/mol. The van der Waals surface area contributed by atoms with Crippen LogP contribution >= 0.6 is 0 Å². The first-order valence-corrected chi connectivity index (χ1v) is 8.15. The Labute approximate surface area is 116 Å². The molecule has 1 rings (SSSR count). The average Bonchev–Trinajstić information content (AvgIpc) is 2.37. The van der Waals surface area contributed by atoms with Crippen molar-refractivity contribution >= 4 is 10.0 Å². The molecule has 0 bridgehead atoms. The number of methoxy groups -OCH3 is 1. The molecular weight excluding hydrogens is 262 g/mol. The van der Waals surface area contributed by atoms with Gasteiger partial charge in [0.2, 0.25) is 10.0 Å². The van der Waals surface area contributed by atoms with Gasteiger partial charge >= 0.3 is 0 Å². The molecule has 1 N–H and O–H groups in total. The topological polar surface area (TPSA) is 55.4 Å². The maximum Gasteiger partial charge on any atom is 0.213 e. The van der Waals surface area contributed by atoms with Gasteiger partial charge in [-0.3, -0.25) is 0 Å². The molecule has 0 unspecified atom stereocenters. The quantitative estimate of drug-likeness (QED) is 0.794.